The normalized spacial score (nSPS) is 25.2. The molecule has 2 aliphatic rings. The van der Waals surface area contributed by atoms with Gasteiger partial charge in [-0.25, -0.2) is 0 Å². The van der Waals surface area contributed by atoms with E-state index in [4.69, 9.17) is 4.74 Å². The fourth-order valence-electron chi connectivity index (χ4n) is 3.48. The van der Waals surface area contributed by atoms with Gasteiger partial charge in [0.25, 0.3) is 0 Å². The van der Waals surface area contributed by atoms with Crippen LogP contribution >= 0.6 is 0 Å². The van der Waals surface area contributed by atoms with E-state index in [1.54, 1.807) is 7.11 Å². The predicted octanol–water partition coefficient (Wildman–Crippen LogP) is 1.59. The van der Waals surface area contributed by atoms with Gasteiger partial charge in [0.15, 0.2) is 5.96 Å². The van der Waals surface area contributed by atoms with Gasteiger partial charge in [-0.1, -0.05) is 19.3 Å². The molecule has 2 fully saturated rings. The van der Waals surface area contributed by atoms with Crippen molar-refractivity contribution >= 4 is 5.96 Å². The predicted molar refractivity (Wildman–Crippen MR) is 87.8 cm³/mol. The zero-order chi connectivity index (χ0) is 14.9. The number of hydrogen-bond acceptors (Lipinski definition) is 3. The molecule has 1 aliphatic carbocycles. The highest BCUT2D eigenvalue weighted by Crippen LogP contribution is 2.18. The molecule has 1 unspecified atom stereocenters. The Morgan fingerprint density at radius 1 is 1.19 bits per heavy atom. The summed E-state index contributed by atoms with van der Waals surface area (Å²) in [5.41, 5.74) is 0. The maximum absolute atomic E-state index is 5.20. The number of hydrogen-bond donors (Lipinski definition) is 2. The van der Waals surface area contributed by atoms with Crippen LogP contribution in [0.5, 0.6) is 0 Å². The Kier molecular flexibility index (Phi) is 7.30. The molecule has 21 heavy (non-hydrogen) atoms. The molecule has 122 valence electrons. The standard InChI is InChI=1S/C16H32N4O/c1-17-16(19-14-7-4-3-5-8-14)18-13-15-9-6-10-20(15)11-12-21-2/h14-15H,3-13H2,1-2H3,(H2,17,18,19). The molecule has 1 saturated carbocycles. The van der Waals surface area contributed by atoms with E-state index in [-0.39, 0.29) is 0 Å². The van der Waals surface area contributed by atoms with Crippen molar-refractivity contribution in [1.29, 1.82) is 0 Å². The lowest BCUT2D eigenvalue weighted by atomic mass is 9.96. The van der Waals surface area contributed by atoms with Crippen LogP contribution in [-0.4, -0.2) is 63.3 Å². The minimum Gasteiger partial charge on any atom is -0.383 e. The van der Waals surface area contributed by atoms with Crippen molar-refractivity contribution < 1.29 is 4.74 Å². The fraction of sp³-hybridized carbons (Fsp3) is 0.938. The van der Waals surface area contributed by atoms with E-state index in [0.29, 0.717) is 12.1 Å². The van der Waals surface area contributed by atoms with Gasteiger partial charge in [0.05, 0.1) is 6.61 Å². The van der Waals surface area contributed by atoms with E-state index < -0.39 is 0 Å². The van der Waals surface area contributed by atoms with Crippen LogP contribution in [0, 0.1) is 0 Å². The van der Waals surface area contributed by atoms with Crippen molar-refractivity contribution in [2.75, 3.05) is 40.4 Å². The van der Waals surface area contributed by atoms with E-state index in [1.807, 2.05) is 7.05 Å². The molecule has 2 rings (SSSR count). The Morgan fingerprint density at radius 2 is 2.00 bits per heavy atom. The average molecular weight is 296 g/mol. The quantitative estimate of drug-likeness (QED) is 0.577. The molecule has 0 aromatic rings. The lowest BCUT2D eigenvalue weighted by Gasteiger charge is -2.27. The van der Waals surface area contributed by atoms with E-state index in [2.05, 4.69) is 20.5 Å². The van der Waals surface area contributed by atoms with E-state index in [9.17, 15) is 0 Å². The van der Waals surface area contributed by atoms with Crippen LogP contribution < -0.4 is 10.6 Å². The van der Waals surface area contributed by atoms with Crippen molar-refractivity contribution in [3.05, 3.63) is 0 Å². The van der Waals surface area contributed by atoms with Gasteiger partial charge in [-0.15, -0.1) is 0 Å². The second-order valence-electron chi connectivity index (χ2n) is 6.26. The Balaban J connectivity index is 1.71. The number of rotatable bonds is 6. The topological polar surface area (TPSA) is 48.9 Å². The van der Waals surface area contributed by atoms with Crippen LogP contribution in [0.4, 0.5) is 0 Å². The molecule has 5 nitrogen and oxygen atoms in total. The number of aliphatic imine (C=N–C) groups is 1. The summed E-state index contributed by atoms with van der Waals surface area (Å²) >= 11 is 0. The molecule has 0 aromatic carbocycles. The minimum atomic E-state index is 0.609. The van der Waals surface area contributed by atoms with Crippen LogP contribution in [0.25, 0.3) is 0 Å². The largest absolute Gasteiger partial charge is 0.383 e. The maximum atomic E-state index is 5.20. The first-order valence-electron chi connectivity index (χ1n) is 8.53. The zero-order valence-electron chi connectivity index (χ0n) is 13.7. The summed E-state index contributed by atoms with van der Waals surface area (Å²) < 4.78 is 5.20. The third kappa shape index (κ3) is 5.47. The molecule has 1 heterocycles. The van der Waals surface area contributed by atoms with Gasteiger partial charge < -0.3 is 15.4 Å². The van der Waals surface area contributed by atoms with Crippen LogP contribution in [-0.2, 0) is 4.74 Å². The second kappa shape index (κ2) is 9.26. The summed E-state index contributed by atoms with van der Waals surface area (Å²) in [5.74, 6) is 0.973. The number of nitrogens with zero attached hydrogens (tertiary/aromatic N) is 2. The summed E-state index contributed by atoms with van der Waals surface area (Å²) in [6, 6.07) is 1.23. The van der Waals surface area contributed by atoms with Gasteiger partial charge in [0.2, 0.25) is 0 Å². The van der Waals surface area contributed by atoms with Crippen molar-refractivity contribution in [1.82, 2.24) is 15.5 Å². The summed E-state index contributed by atoms with van der Waals surface area (Å²) in [5, 5.41) is 7.10. The van der Waals surface area contributed by atoms with Gasteiger partial charge in [0, 0.05) is 39.3 Å². The van der Waals surface area contributed by atoms with E-state index >= 15 is 0 Å². The Hall–Kier alpha value is -0.810. The molecule has 0 radical (unpaired) electrons. The van der Waals surface area contributed by atoms with Crippen molar-refractivity contribution in [2.24, 2.45) is 4.99 Å². The third-order valence-electron chi connectivity index (χ3n) is 4.76. The van der Waals surface area contributed by atoms with Crippen molar-refractivity contribution in [3.63, 3.8) is 0 Å². The molecule has 5 heteroatoms. The Labute approximate surface area is 129 Å². The first kappa shape index (κ1) is 16.6. The van der Waals surface area contributed by atoms with Gasteiger partial charge in [-0.05, 0) is 32.2 Å². The number of guanidine groups is 1. The molecular formula is C16H32N4O. The summed E-state index contributed by atoms with van der Waals surface area (Å²) in [6.45, 7) is 4.05. The number of likely N-dealkylation sites (tertiary alicyclic amines) is 1. The summed E-state index contributed by atoms with van der Waals surface area (Å²) in [4.78, 5) is 6.91. The van der Waals surface area contributed by atoms with Crippen molar-refractivity contribution in [2.45, 2.75) is 57.0 Å². The molecule has 0 aromatic heterocycles. The SMILES string of the molecule is CN=C(NCC1CCCN1CCOC)NC1CCCCC1. The highest BCUT2D eigenvalue weighted by molar-refractivity contribution is 5.80. The van der Waals surface area contributed by atoms with E-state index in [0.717, 1.165) is 25.7 Å². The zero-order valence-corrected chi connectivity index (χ0v) is 13.7. The van der Waals surface area contributed by atoms with Crippen LogP contribution in [0.3, 0.4) is 0 Å². The first-order chi connectivity index (χ1) is 10.3. The Morgan fingerprint density at radius 3 is 2.71 bits per heavy atom. The lowest BCUT2D eigenvalue weighted by Crippen LogP contribution is -2.48. The molecule has 0 spiro atoms. The van der Waals surface area contributed by atoms with Crippen LogP contribution in [0.1, 0.15) is 44.9 Å². The summed E-state index contributed by atoms with van der Waals surface area (Å²) in [6.07, 6.45) is 9.22. The lowest BCUT2D eigenvalue weighted by molar-refractivity contribution is 0.141. The molecule has 0 bridgehead atoms. The van der Waals surface area contributed by atoms with Crippen LogP contribution in [0.2, 0.25) is 0 Å². The molecule has 2 N–H and O–H groups in total. The van der Waals surface area contributed by atoms with Crippen LogP contribution in [0.15, 0.2) is 4.99 Å². The third-order valence-corrected chi connectivity index (χ3v) is 4.76. The van der Waals surface area contributed by atoms with Gasteiger partial charge in [-0.3, -0.25) is 9.89 Å². The highest BCUT2D eigenvalue weighted by atomic mass is 16.5. The number of methoxy groups -OCH3 is 1. The first-order valence-corrected chi connectivity index (χ1v) is 8.53. The fourth-order valence-corrected chi connectivity index (χ4v) is 3.48. The second-order valence-corrected chi connectivity index (χ2v) is 6.26. The number of ether oxygens (including phenoxy) is 1. The van der Waals surface area contributed by atoms with Gasteiger partial charge in [-0.2, -0.15) is 0 Å². The maximum Gasteiger partial charge on any atom is 0.191 e. The van der Waals surface area contributed by atoms with E-state index in [1.165, 1.54) is 51.5 Å². The number of nitrogens with one attached hydrogen (secondary N) is 2. The molecule has 1 aliphatic heterocycles. The van der Waals surface area contributed by atoms with Gasteiger partial charge >= 0.3 is 0 Å². The van der Waals surface area contributed by atoms with Gasteiger partial charge in [0.1, 0.15) is 0 Å². The highest BCUT2D eigenvalue weighted by Gasteiger charge is 2.24. The Bertz CT molecular complexity index is 315. The monoisotopic (exact) mass is 296 g/mol. The minimum absolute atomic E-state index is 0.609. The van der Waals surface area contributed by atoms with Crippen molar-refractivity contribution in [3.8, 4) is 0 Å². The smallest absolute Gasteiger partial charge is 0.191 e. The molecular weight excluding hydrogens is 264 g/mol. The molecule has 1 saturated heterocycles. The molecule has 1 atom stereocenters. The molecule has 0 amide bonds. The summed E-state index contributed by atoms with van der Waals surface area (Å²) in [7, 11) is 3.65. The average Bonchev–Trinajstić information content (AvgIpc) is 2.97.